The van der Waals surface area contributed by atoms with Gasteiger partial charge < -0.3 is 15.5 Å². The molecule has 2 aromatic rings. The zero-order chi connectivity index (χ0) is 17.3. The predicted molar refractivity (Wildman–Crippen MR) is 99.5 cm³/mol. The van der Waals surface area contributed by atoms with Gasteiger partial charge in [-0.25, -0.2) is 0 Å². The summed E-state index contributed by atoms with van der Waals surface area (Å²) in [5.74, 6) is -0.0183. The molecule has 2 N–H and O–H groups in total. The number of hydrogen-bond acceptors (Lipinski definition) is 3. The number of rotatable bonds is 5. The minimum atomic E-state index is -0.0183. The Morgan fingerprint density at radius 1 is 1.21 bits per heavy atom. The lowest BCUT2D eigenvalue weighted by molar-refractivity contribution is 0.0730. The lowest BCUT2D eigenvalue weighted by atomic mass is 10.1. The van der Waals surface area contributed by atoms with E-state index in [0.717, 1.165) is 24.1 Å². The molecule has 1 saturated carbocycles. The van der Waals surface area contributed by atoms with Crippen LogP contribution in [-0.4, -0.2) is 30.9 Å². The van der Waals surface area contributed by atoms with E-state index < -0.39 is 0 Å². The maximum absolute atomic E-state index is 13.0. The average molecular weight is 344 g/mol. The number of benzene rings is 2. The molecule has 0 saturated heterocycles. The minimum absolute atomic E-state index is 0.0183. The number of amides is 1. The van der Waals surface area contributed by atoms with Crippen molar-refractivity contribution in [2.75, 3.05) is 24.7 Å². The first-order valence-corrected chi connectivity index (χ1v) is 8.46. The maximum atomic E-state index is 13.0. The Labute approximate surface area is 147 Å². The van der Waals surface area contributed by atoms with Gasteiger partial charge in [0.1, 0.15) is 0 Å². The van der Waals surface area contributed by atoms with Crippen LogP contribution in [0.4, 0.5) is 11.4 Å². The Balaban J connectivity index is 1.92. The van der Waals surface area contributed by atoms with Crippen LogP contribution in [0, 0.1) is 0 Å². The first-order chi connectivity index (χ1) is 11.5. The second-order valence-electron chi connectivity index (χ2n) is 6.43. The summed E-state index contributed by atoms with van der Waals surface area (Å²) in [7, 11) is 3.98. The van der Waals surface area contributed by atoms with Crippen molar-refractivity contribution in [1.29, 1.82) is 0 Å². The molecular weight excluding hydrogens is 322 g/mol. The quantitative estimate of drug-likeness (QED) is 0.840. The van der Waals surface area contributed by atoms with Gasteiger partial charge in [0, 0.05) is 38.1 Å². The lowest BCUT2D eigenvalue weighted by Crippen LogP contribution is -2.33. The molecule has 1 aliphatic rings. The molecule has 24 heavy (non-hydrogen) atoms. The summed E-state index contributed by atoms with van der Waals surface area (Å²) in [6.07, 6.45) is 2.08. The van der Waals surface area contributed by atoms with Crippen molar-refractivity contribution in [3.63, 3.8) is 0 Å². The van der Waals surface area contributed by atoms with E-state index in [2.05, 4.69) is 0 Å². The van der Waals surface area contributed by atoms with Crippen LogP contribution in [-0.2, 0) is 6.54 Å². The van der Waals surface area contributed by atoms with Gasteiger partial charge in [-0.15, -0.1) is 0 Å². The van der Waals surface area contributed by atoms with Crippen LogP contribution in [0.3, 0.4) is 0 Å². The number of nitrogens with two attached hydrogens (primary N) is 1. The first-order valence-electron chi connectivity index (χ1n) is 8.08. The molecule has 0 aliphatic heterocycles. The van der Waals surface area contributed by atoms with Gasteiger partial charge in [-0.2, -0.15) is 0 Å². The standard InChI is InChI=1S/C19H22ClN3O/c1-22(2)18-10-7-14(21)11-13(18)12-23(15-8-9-15)19(24)16-5-3-4-6-17(16)20/h3-7,10-11,15H,8-9,12,21H2,1-2H3. The highest BCUT2D eigenvalue weighted by molar-refractivity contribution is 6.33. The Morgan fingerprint density at radius 3 is 2.54 bits per heavy atom. The fourth-order valence-corrected chi connectivity index (χ4v) is 3.11. The molecule has 0 radical (unpaired) electrons. The van der Waals surface area contributed by atoms with Gasteiger partial charge in [0.25, 0.3) is 5.91 Å². The number of nitrogens with zero attached hydrogens (tertiary/aromatic N) is 2. The fourth-order valence-electron chi connectivity index (χ4n) is 2.89. The molecule has 2 aromatic carbocycles. The molecule has 0 aromatic heterocycles. The second kappa shape index (κ2) is 6.73. The van der Waals surface area contributed by atoms with Crippen LogP contribution in [0.1, 0.15) is 28.8 Å². The zero-order valence-corrected chi connectivity index (χ0v) is 14.8. The van der Waals surface area contributed by atoms with E-state index in [1.807, 2.05) is 54.2 Å². The van der Waals surface area contributed by atoms with Gasteiger partial charge in [0.15, 0.2) is 0 Å². The van der Waals surface area contributed by atoms with Gasteiger partial charge in [-0.1, -0.05) is 23.7 Å². The molecule has 0 bridgehead atoms. The van der Waals surface area contributed by atoms with Crippen molar-refractivity contribution in [2.45, 2.75) is 25.4 Å². The first kappa shape index (κ1) is 16.7. The summed E-state index contributed by atoms with van der Waals surface area (Å²) in [6.45, 7) is 0.535. The van der Waals surface area contributed by atoms with E-state index in [9.17, 15) is 4.79 Å². The van der Waals surface area contributed by atoms with E-state index in [4.69, 9.17) is 17.3 Å². The average Bonchev–Trinajstić information content (AvgIpc) is 3.37. The van der Waals surface area contributed by atoms with Crippen molar-refractivity contribution in [3.8, 4) is 0 Å². The third-order valence-electron chi connectivity index (χ3n) is 4.28. The minimum Gasteiger partial charge on any atom is -0.399 e. The number of halogens is 1. The largest absolute Gasteiger partial charge is 0.399 e. The van der Waals surface area contributed by atoms with E-state index >= 15 is 0 Å². The van der Waals surface area contributed by atoms with Crippen LogP contribution in [0.15, 0.2) is 42.5 Å². The summed E-state index contributed by atoms with van der Waals surface area (Å²) >= 11 is 6.22. The molecule has 3 rings (SSSR count). The van der Waals surface area contributed by atoms with Crippen LogP contribution >= 0.6 is 11.6 Å². The molecular formula is C19H22ClN3O. The number of nitrogen functional groups attached to an aromatic ring is 1. The van der Waals surface area contributed by atoms with E-state index in [0.29, 0.717) is 22.8 Å². The Morgan fingerprint density at radius 2 is 1.92 bits per heavy atom. The van der Waals surface area contributed by atoms with Gasteiger partial charge >= 0.3 is 0 Å². The van der Waals surface area contributed by atoms with Crippen molar-refractivity contribution in [1.82, 2.24) is 4.90 Å². The van der Waals surface area contributed by atoms with Crippen molar-refractivity contribution in [3.05, 3.63) is 58.6 Å². The zero-order valence-electron chi connectivity index (χ0n) is 14.0. The van der Waals surface area contributed by atoms with Gasteiger partial charge in [0.05, 0.1) is 10.6 Å². The number of hydrogen-bond donors (Lipinski definition) is 1. The molecule has 1 fully saturated rings. The van der Waals surface area contributed by atoms with Gasteiger partial charge in [-0.3, -0.25) is 4.79 Å². The molecule has 1 amide bonds. The van der Waals surface area contributed by atoms with Crippen molar-refractivity contribution >= 4 is 28.9 Å². The molecule has 1 aliphatic carbocycles. The SMILES string of the molecule is CN(C)c1ccc(N)cc1CN(C(=O)c1ccccc1Cl)C1CC1. The highest BCUT2D eigenvalue weighted by Crippen LogP contribution is 2.33. The van der Waals surface area contributed by atoms with E-state index in [-0.39, 0.29) is 11.9 Å². The Bertz CT molecular complexity index is 756. The monoisotopic (exact) mass is 343 g/mol. The Hall–Kier alpha value is -2.20. The van der Waals surface area contributed by atoms with E-state index in [1.54, 1.807) is 12.1 Å². The summed E-state index contributed by atoms with van der Waals surface area (Å²) < 4.78 is 0. The second-order valence-corrected chi connectivity index (χ2v) is 6.83. The molecule has 5 heteroatoms. The summed E-state index contributed by atoms with van der Waals surface area (Å²) in [4.78, 5) is 17.0. The van der Waals surface area contributed by atoms with Gasteiger partial charge in [-0.05, 0) is 48.7 Å². The Kier molecular flexibility index (Phi) is 4.67. The number of carbonyl (C=O) groups is 1. The highest BCUT2D eigenvalue weighted by Gasteiger charge is 2.34. The topological polar surface area (TPSA) is 49.6 Å². The summed E-state index contributed by atoms with van der Waals surface area (Å²) in [6, 6.07) is 13.3. The van der Waals surface area contributed by atoms with Crippen molar-refractivity contribution < 1.29 is 4.79 Å². The van der Waals surface area contributed by atoms with Crippen LogP contribution in [0.2, 0.25) is 5.02 Å². The smallest absolute Gasteiger partial charge is 0.255 e. The predicted octanol–water partition coefficient (Wildman–Crippen LogP) is 3.79. The number of anilines is 2. The molecule has 0 unspecified atom stereocenters. The van der Waals surface area contributed by atoms with Crippen LogP contribution in [0.25, 0.3) is 0 Å². The number of carbonyl (C=O) groups excluding carboxylic acids is 1. The van der Waals surface area contributed by atoms with Crippen LogP contribution < -0.4 is 10.6 Å². The molecule has 0 spiro atoms. The molecule has 126 valence electrons. The van der Waals surface area contributed by atoms with E-state index in [1.165, 1.54) is 0 Å². The van der Waals surface area contributed by atoms with Crippen LogP contribution in [0.5, 0.6) is 0 Å². The molecule has 0 atom stereocenters. The normalized spacial score (nSPS) is 13.6. The van der Waals surface area contributed by atoms with Crippen molar-refractivity contribution in [2.24, 2.45) is 0 Å². The molecule has 0 heterocycles. The molecule has 4 nitrogen and oxygen atoms in total. The summed E-state index contributed by atoms with van der Waals surface area (Å²) in [5, 5.41) is 0.494. The third-order valence-corrected chi connectivity index (χ3v) is 4.61. The van der Waals surface area contributed by atoms with Gasteiger partial charge in [0.2, 0.25) is 0 Å². The lowest BCUT2D eigenvalue weighted by Gasteiger charge is -2.26. The maximum Gasteiger partial charge on any atom is 0.255 e. The summed E-state index contributed by atoms with van der Waals surface area (Å²) in [5.41, 5.74) is 9.34. The fraction of sp³-hybridized carbons (Fsp3) is 0.316. The third kappa shape index (κ3) is 3.49. The highest BCUT2D eigenvalue weighted by atomic mass is 35.5.